The maximum absolute atomic E-state index is 14.0. The highest BCUT2D eigenvalue weighted by molar-refractivity contribution is 5.92. The summed E-state index contributed by atoms with van der Waals surface area (Å²) in [5.74, 6) is -0.801. The van der Waals surface area contributed by atoms with Gasteiger partial charge < -0.3 is 20.1 Å². The maximum atomic E-state index is 14.0. The number of carbonyl (C=O) groups is 3. The van der Waals surface area contributed by atoms with Crippen molar-refractivity contribution in [1.82, 2.24) is 15.5 Å². The molecule has 0 saturated carbocycles. The van der Waals surface area contributed by atoms with E-state index in [2.05, 4.69) is 34.9 Å². The number of ether oxygens (including phenoxy) is 2. The quantitative estimate of drug-likeness (QED) is 0.178. The summed E-state index contributed by atoms with van der Waals surface area (Å²) >= 11 is 0. The summed E-state index contributed by atoms with van der Waals surface area (Å²) in [7, 11) is 0. The minimum Gasteiger partial charge on any atom is -0.448 e. The number of rotatable bonds is 10. The molecule has 1 aliphatic carbocycles. The molecule has 0 bridgehead atoms. The van der Waals surface area contributed by atoms with Gasteiger partial charge in [0.05, 0.1) is 18.2 Å². The van der Waals surface area contributed by atoms with Gasteiger partial charge in [0.15, 0.2) is 0 Å². The lowest BCUT2D eigenvalue weighted by molar-refractivity contribution is -0.131. The fourth-order valence-electron chi connectivity index (χ4n) is 6.98. The van der Waals surface area contributed by atoms with Gasteiger partial charge in [-0.1, -0.05) is 117 Å². The molecule has 6 rings (SSSR count). The Bertz CT molecular complexity index is 1740. The first-order valence-electron chi connectivity index (χ1n) is 18.1. The fourth-order valence-corrected chi connectivity index (χ4v) is 6.98. The minimum absolute atomic E-state index is 0.108. The fraction of sp³-hybridized carbons (Fsp3) is 0.372. The van der Waals surface area contributed by atoms with Crippen LogP contribution in [0.25, 0.3) is 22.3 Å². The molecular formula is C43H51N3O5. The lowest BCUT2D eigenvalue weighted by Crippen LogP contribution is -2.54. The molecule has 2 aliphatic rings. The van der Waals surface area contributed by atoms with E-state index in [0.29, 0.717) is 19.4 Å². The number of hydrogen-bond donors (Lipinski definition) is 2. The van der Waals surface area contributed by atoms with E-state index in [1.54, 1.807) is 0 Å². The van der Waals surface area contributed by atoms with Gasteiger partial charge in [0.1, 0.15) is 18.7 Å². The molecule has 51 heavy (non-hydrogen) atoms. The number of hydrogen-bond acceptors (Lipinski definition) is 5. The molecule has 0 aromatic heterocycles. The van der Waals surface area contributed by atoms with Crippen LogP contribution >= 0.6 is 0 Å². The second-order valence-electron chi connectivity index (χ2n) is 13.8. The van der Waals surface area contributed by atoms with Crippen LogP contribution < -0.4 is 10.6 Å². The van der Waals surface area contributed by atoms with E-state index in [9.17, 15) is 14.4 Å². The molecule has 4 aromatic rings. The van der Waals surface area contributed by atoms with Crippen LogP contribution in [0.4, 0.5) is 4.79 Å². The Kier molecular flexibility index (Phi) is 12.3. The lowest BCUT2D eigenvalue weighted by Gasteiger charge is -2.26. The van der Waals surface area contributed by atoms with Gasteiger partial charge in [0.2, 0.25) is 11.8 Å². The Morgan fingerprint density at radius 3 is 1.96 bits per heavy atom. The molecule has 2 N–H and O–H groups in total. The van der Waals surface area contributed by atoms with Crippen molar-refractivity contribution >= 4 is 17.9 Å². The van der Waals surface area contributed by atoms with Crippen molar-refractivity contribution in [3.8, 4) is 22.3 Å². The summed E-state index contributed by atoms with van der Waals surface area (Å²) < 4.78 is 12.2. The van der Waals surface area contributed by atoms with Crippen LogP contribution in [-0.4, -0.2) is 66.3 Å². The maximum Gasteiger partial charge on any atom is 0.410 e. The molecule has 1 heterocycles. The van der Waals surface area contributed by atoms with Crippen molar-refractivity contribution in [2.75, 3.05) is 19.7 Å². The van der Waals surface area contributed by atoms with Crippen molar-refractivity contribution < 1.29 is 23.9 Å². The zero-order valence-corrected chi connectivity index (χ0v) is 30.6. The minimum atomic E-state index is -0.861. The zero-order valence-electron chi connectivity index (χ0n) is 30.6. The first-order valence-corrected chi connectivity index (χ1v) is 18.1. The number of nitrogens with zero attached hydrogens (tertiary/aromatic N) is 1. The number of likely N-dealkylation sites (N-methyl/N-ethyl adjacent to an activating group) is 1. The predicted octanol–water partition coefficient (Wildman–Crippen LogP) is 7.75. The molecule has 8 heteroatoms. The van der Waals surface area contributed by atoms with Crippen molar-refractivity contribution in [3.05, 3.63) is 120 Å². The Balaban J connectivity index is 0.00000248. The average Bonchev–Trinajstić information content (AvgIpc) is 3.70. The molecule has 1 aliphatic heterocycles. The van der Waals surface area contributed by atoms with E-state index in [0.717, 1.165) is 38.9 Å². The lowest BCUT2D eigenvalue weighted by atomic mass is 9.98. The van der Waals surface area contributed by atoms with E-state index >= 15 is 0 Å². The van der Waals surface area contributed by atoms with Gasteiger partial charge >= 0.3 is 6.09 Å². The third-order valence-electron chi connectivity index (χ3n) is 9.14. The van der Waals surface area contributed by atoms with Crippen LogP contribution in [-0.2, 0) is 25.5 Å². The van der Waals surface area contributed by atoms with Gasteiger partial charge in [-0.15, -0.1) is 0 Å². The van der Waals surface area contributed by atoms with E-state index in [1.165, 1.54) is 4.90 Å². The summed E-state index contributed by atoms with van der Waals surface area (Å²) in [6, 6.07) is 32.7. The molecule has 8 nitrogen and oxygen atoms in total. The van der Waals surface area contributed by atoms with Crippen LogP contribution in [0.15, 0.2) is 103 Å². The van der Waals surface area contributed by atoms with Crippen LogP contribution in [0.5, 0.6) is 0 Å². The molecule has 0 spiro atoms. The van der Waals surface area contributed by atoms with E-state index in [-0.39, 0.29) is 31.1 Å². The summed E-state index contributed by atoms with van der Waals surface area (Å²) in [5, 5.41) is 5.83. The number of nitrogens with one attached hydrogen (secondary N) is 2. The summed E-state index contributed by atoms with van der Waals surface area (Å²) in [6.07, 6.45) is -0.356. The van der Waals surface area contributed by atoms with Crippen molar-refractivity contribution in [1.29, 1.82) is 0 Å². The van der Waals surface area contributed by atoms with Gasteiger partial charge in [-0.25, -0.2) is 4.79 Å². The Hall–Kier alpha value is -4.95. The molecule has 3 amide bonds. The number of carbonyl (C=O) groups excluding carboxylic acids is 3. The molecule has 4 aromatic carbocycles. The number of fused-ring (bicyclic) bond motifs is 3. The third-order valence-corrected chi connectivity index (χ3v) is 9.14. The Labute approximate surface area is 302 Å². The van der Waals surface area contributed by atoms with Crippen molar-refractivity contribution in [3.63, 3.8) is 0 Å². The highest BCUT2D eigenvalue weighted by Gasteiger charge is 2.43. The van der Waals surface area contributed by atoms with Gasteiger partial charge in [-0.2, -0.15) is 0 Å². The van der Waals surface area contributed by atoms with Gasteiger partial charge in [0.25, 0.3) is 0 Å². The van der Waals surface area contributed by atoms with E-state index in [1.807, 2.05) is 120 Å². The monoisotopic (exact) mass is 689 g/mol. The number of benzene rings is 4. The molecule has 1 fully saturated rings. The van der Waals surface area contributed by atoms with Gasteiger partial charge in [-0.3, -0.25) is 14.5 Å². The molecular weight excluding hydrogens is 638 g/mol. The largest absolute Gasteiger partial charge is 0.448 e. The highest BCUT2D eigenvalue weighted by Crippen LogP contribution is 2.44. The van der Waals surface area contributed by atoms with Crippen molar-refractivity contribution in [2.24, 2.45) is 0 Å². The normalized spacial score (nSPS) is 17.0. The summed E-state index contributed by atoms with van der Waals surface area (Å²) in [4.78, 5) is 42.5. The molecule has 1 saturated heterocycles. The predicted molar refractivity (Wildman–Crippen MR) is 202 cm³/mol. The SMILES string of the molecule is CC.CCNC(=O)[C@@H](Cc1ccc(-c2ccccc2)cc1)NC(=O)[C@@H]1C[C@@H](OC(C)(C)C)CN1C(=O)OCC1c2ccccc2-c2ccccc21. The number of amides is 3. The molecule has 0 radical (unpaired) electrons. The average molecular weight is 690 g/mol. The second-order valence-corrected chi connectivity index (χ2v) is 13.8. The number of likely N-dealkylation sites (tertiary alicyclic amines) is 1. The standard InChI is InChI=1S/C41H45N3O5.C2H6/c1-5-42-38(45)36(23-27-19-21-29(22-20-27)28-13-7-6-8-14-28)43-39(46)37-24-30(49-41(2,3)4)25-44(37)40(47)48-26-35-33-17-11-9-15-31(33)32-16-10-12-18-34(32)35;1-2/h6-22,30,35-37H,5,23-26H2,1-4H3,(H,42,45)(H,43,46);1-2H3/t30-,36-,37+;/m1./s1. The van der Waals surface area contributed by atoms with Crippen LogP contribution in [0.3, 0.4) is 0 Å². The molecule has 0 unspecified atom stereocenters. The van der Waals surface area contributed by atoms with E-state index in [4.69, 9.17) is 9.47 Å². The topological polar surface area (TPSA) is 97.0 Å². The Morgan fingerprint density at radius 2 is 1.37 bits per heavy atom. The van der Waals surface area contributed by atoms with Crippen LogP contribution in [0.2, 0.25) is 0 Å². The Morgan fingerprint density at radius 1 is 0.804 bits per heavy atom. The third kappa shape index (κ3) is 9.05. The van der Waals surface area contributed by atoms with Gasteiger partial charge in [0, 0.05) is 25.3 Å². The first kappa shape index (κ1) is 37.3. The molecule has 3 atom stereocenters. The second kappa shape index (κ2) is 16.8. The first-order chi connectivity index (χ1) is 24.6. The smallest absolute Gasteiger partial charge is 0.410 e. The summed E-state index contributed by atoms with van der Waals surface area (Å²) in [5.41, 5.74) is 7.11. The van der Waals surface area contributed by atoms with Crippen LogP contribution in [0, 0.1) is 0 Å². The molecule has 268 valence electrons. The summed E-state index contributed by atoms with van der Waals surface area (Å²) in [6.45, 7) is 12.5. The van der Waals surface area contributed by atoms with Crippen LogP contribution in [0.1, 0.15) is 70.6 Å². The van der Waals surface area contributed by atoms with E-state index < -0.39 is 29.7 Å². The zero-order chi connectivity index (χ0) is 36.5. The van der Waals surface area contributed by atoms with Gasteiger partial charge in [-0.05, 0) is 66.6 Å². The van der Waals surface area contributed by atoms with Crippen molar-refractivity contribution in [2.45, 2.75) is 84.1 Å². The highest BCUT2D eigenvalue weighted by atomic mass is 16.6.